The Hall–Kier alpha value is -3.68. The number of alkyl halides is 3. The van der Waals surface area contributed by atoms with Crippen molar-refractivity contribution in [2.45, 2.75) is 6.18 Å². The standard InChI is InChI=1S/C20H11F3N2O3/c21-20(22,23)17-8-9-18(25-24-17)28-13-6-7-14-16(10-13)27-11-15(19(14)26)12-4-2-1-3-5-12/h1-11H. The van der Waals surface area contributed by atoms with E-state index in [9.17, 15) is 18.0 Å². The van der Waals surface area contributed by atoms with Gasteiger partial charge in [-0.1, -0.05) is 30.3 Å². The highest BCUT2D eigenvalue weighted by Crippen LogP contribution is 2.29. The second-order valence-electron chi connectivity index (χ2n) is 5.86. The molecule has 0 unspecified atom stereocenters. The monoisotopic (exact) mass is 384 g/mol. The highest BCUT2D eigenvalue weighted by Gasteiger charge is 2.33. The van der Waals surface area contributed by atoms with Crippen molar-refractivity contribution in [1.29, 1.82) is 0 Å². The third kappa shape index (κ3) is 3.44. The van der Waals surface area contributed by atoms with E-state index in [1.807, 2.05) is 18.2 Å². The topological polar surface area (TPSA) is 65.2 Å². The van der Waals surface area contributed by atoms with Gasteiger partial charge in [0.25, 0.3) is 0 Å². The molecule has 2 aromatic heterocycles. The Kier molecular flexibility index (Phi) is 4.31. The van der Waals surface area contributed by atoms with Crippen LogP contribution in [0.4, 0.5) is 13.2 Å². The molecule has 5 nitrogen and oxygen atoms in total. The summed E-state index contributed by atoms with van der Waals surface area (Å²) in [4.78, 5) is 12.7. The van der Waals surface area contributed by atoms with Gasteiger partial charge in [-0.2, -0.15) is 13.2 Å². The van der Waals surface area contributed by atoms with E-state index in [1.54, 1.807) is 12.1 Å². The first-order valence-corrected chi connectivity index (χ1v) is 8.11. The van der Waals surface area contributed by atoms with Crippen LogP contribution in [0.1, 0.15) is 5.69 Å². The number of nitrogens with zero attached hydrogens (tertiary/aromatic N) is 2. The van der Waals surface area contributed by atoms with E-state index in [-0.39, 0.29) is 22.6 Å². The zero-order valence-electron chi connectivity index (χ0n) is 14.1. The lowest BCUT2D eigenvalue weighted by Gasteiger charge is -2.08. The highest BCUT2D eigenvalue weighted by atomic mass is 19.4. The molecule has 28 heavy (non-hydrogen) atoms. The zero-order valence-corrected chi connectivity index (χ0v) is 14.1. The van der Waals surface area contributed by atoms with E-state index in [0.717, 1.165) is 17.7 Å². The molecule has 0 saturated heterocycles. The molecular weight excluding hydrogens is 373 g/mol. The lowest BCUT2D eigenvalue weighted by molar-refractivity contribution is -0.141. The molecule has 0 spiro atoms. The van der Waals surface area contributed by atoms with Gasteiger partial charge in [-0.05, 0) is 23.8 Å². The summed E-state index contributed by atoms with van der Waals surface area (Å²) in [5, 5.41) is 6.86. The number of halogens is 3. The fourth-order valence-electron chi connectivity index (χ4n) is 2.64. The molecule has 0 aliphatic rings. The molecular formula is C20H11F3N2O3. The fourth-order valence-corrected chi connectivity index (χ4v) is 2.64. The molecule has 0 amide bonds. The van der Waals surface area contributed by atoms with E-state index in [1.165, 1.54) is 24.5 Å². The predicted molar refractivity (Wildman–Crippen MR) is 95.0 cm³/mol. The number of benzene rings is 2. The molecule has 0 bridgehead atoms. The van der Waals surface area contributed by atoms with Gasteiger partial charge in [0, 0.05) is 12.1 Å². The molecule has 0 saturated carbocycles. The minimum Gasteiger partial charge on any atom is -0.463 e. The zero-order chi connectivity index (χ0) is 19.7. The Morgan fingerprint density at radius 1 is 0.929 bits per heavy atom. The van der Waals surface area contributed by atoms with Gasteiger partial charge in [0.1, 0.15) is 17.6 Å². The molecule has 0 aliphatic carbocycles. The second-order valence-corrected chi connectivity index (χ2v) is 5.86. The third-order valence-electron chi connectivity index (χ3n) is 3.98. The van der Waals surface area contributed by atoms with Crippen molar-refractivity contribution in [3.8, 4) is 22.8 Å². The third-order valence-corrected chi connectivity index (χ3v) is 3.98. The Balaban J connectivity index is 1.64. The quantitative estimate of drug-likeness (QED) is 0.494. The van der Waals surface area contributed by atoms with Crippen molar-refractivity contribution >= 4 is 11.0 Å². The molecule has 4 aromatic rings. The molecule has 8 heteroatoms. The lowest BCUT2D eigenvalue weighted by Crippen LogP contribution is -2.08. The van der Waals surface area contributed by atoms with Crippen molar-refractivity contribution < 1.29 is 22.3 Å². The Morgan fingerprint density at radius 3 is 2.39 bits per heavy atom. The van der Waals surface area contributed by atoms with Crippen LogP contribution in [0, 0.1) is 0 Å². The largest absolute Gasteiger partial charge is 0.463 e. The van der Waals surface area contributed by atoms with E-state index in [4.69, 9.17) is 9.15 Å². The van der Waals surface area contributed by atoms with E-state index in [0.29, 0.717) is 10.9 Å². The van der Waals surface area contributed by atoms with Gasteiger partial charge in [-0.15, -0.1) is 10.2 Å². The SMILES string of the molecule is O=c1c(-c2ccccc2)coc2cc(Oc3ccc(C(F)(F)F)nn3)ccc12. The first-order valence-electron chi connectivity index (χ1n) is 8.11. The first kappa shape index (κ1) is 17.7. The van der Waals surface area contributed by atoms with Crippen LogP contribution in [0.2, 0.25) is 0 Å². The normalized spacial score (nSPS) is 11.5. The number of hydrogen-bond donors (Lipinski definition) is 0. The average molecular weight is 384 g/mol. The van der Waals surface area contributed by atoms with Gasteiger partial charge in [0.05, 0.1) is 10.9 Å². The summed E-state index contributed by atoms with van der Waals surface area (Å²) in [6.45, 7) is 0. The van der Waals surface area contributed by atoms with Crippen LogP contribution in [-0.4, -0.2) is 10.2 Å². The predicted octanol–water partition coefficient (Wildman–Crippen LogP) is 5.06. The number of aromatic nitrogens is 2. The molecule has 4 rings (SSSR count). The molecule has 0 fully saturated rings. The van der Waals surface area contributed by atoms with Crippen LogP contribution >= 0.6 is 0 Å². The maximum absolute atomic E-state index is 12.7. The summed E-state index contributed by atoms with van der Waals surface area (Å²) in [5.41, 5.74) is 0.127. The molecule has 0 atom stereocenters. The maximum Gasteiger partial charge on any atom is 0.435 e. The summed E-state index contributed by atoms with van der Waals surface area (Å²) >= 11 is 0. The summed E-state index contributed by atoms with van der Waals surface area (Å²) in [6, 6.07) is 15.4. The molecule has 2 heterocycles. The van der Waals surface area contributed by atoms with Crippen molar-refractivity contribution in [2.24, 2.45) is 0 Å². The fraction of sp³-hybridized carbons (Fsp3) is 0.0500. The highest BCUT2D eigenvalue weighted by molar-refractivity contribution is 5.82. The van der Waals surface area contributed by atoms with Crippen molar-refractivity contribution in [3.05, 3.63) is 82.8 Å². The van der Waals surface area contributed by atoms with E-state index < -0.39 is 11.9 Å². The number of fused-ring (bicyclic) bond motifs is 1. The van der Waals surface area contributed by atoms with Gasteiger partial charge in [0.2, 0.25) is 5.88 Å². The molecule has 2 aromatic carbocycles. The van der Waals surface area contributed by atoms with E-state index >= 15 is 0 Å². The van der Waals surface area contributed by atoms with Crippen LogP contribution in [0.3, 0.4) is 0 Å². The Labute approximate surface area is 156 Å². The van der Waals surface area contributed by atoms with Crippen LogP contribution in [0.25, 0.3) is 22.1 Å². The summed E-state index contributed by atoms with van der Waals surface area (Å²) in [5.74, 6) is 0.132. The van der Waals surface area contributed by atoms with Gasteiger partial charge in [0.15, 0.2) is 11.1 Å². The average Bonchev–Trinajstić information content (AvgIpc) is 2.69. The minimum absolute atomic E-state index is 0.115. The van der Waals surface area contributed by atoms with E-state index in [2.05, 4.69) is 10.2 Å². The van der Waals surface area contributed by atoms with Crippen molar-refractivity contribution in [1.82, 2.24) is 10.2 Å². The number of ether oxygens (including phenoxy) is 1. The summed E-state index contributed by atoms with van der Waals surface area (Å²) in [6.07, 6.45) is -3.21. The lowest BCUT2D eigenvalue weighted by atomic mass is 10.1. The maximum atomic E-state index is 12.7. The molecule has 0 radical (unpaired) electrons. The van der Waals surface area contributed by atoms with Crippen LogP contribution in [0.15, 0.2) is 76.1 Å². The Morgan fingerprint density at radius 2 is 1.71 bits per heavy atom. The summed E-state index contributed by atoms with van der Waals surface area (Å²) in [7, 11) is 0. The van der Waals surface area contributed by atoms with Crippen molar-refractivity contribution in [3.63, 3.8) is 0 Å². The summed E-state index contributed by atoms with van der Waals surface area (Å²) < 4.78 is 48.5. The molecule has 140 valence electrons. The number of hydrogen-bond acceptors (Lipinski definition) is 5. The minimum atomic E-state index is -4.58. The first-order chi connectivity index (χ1) is 13.4. The van der Waals surface area contributed by atoms with Gasteiger partial charge in [-0.3, -0.25) is 4.79 Å². The number of rotatable bonds is 3. The molecule has 0 N–H and O–H groups in total. The second kappa shape index (κ2) is 6.80. The smallest absolute Gasteiger partial charge is 0.435 e. The van der Waals surface area contributed by atoms with Crippen LogP contribution < -0.4 is 10.2 Å². The van der Waals surface area contributed by atoms with Crippen LogP contribution in [-0.2, 0) is 6.18 Å². The van der Waals surface area contributed by atoms with Gasteiger partial charge >= 0.3 is 6.18 Å². The molecule has 0 aliphatic heterocycles. The van der Waals surface area contributed by atoms with Crippen molar-refractivity contribution in [2.75, 3.05) is 0 Å². The van der Waals surface area contributed by atoms with Gasteiger partial charge < -0.3 is 9.15 Å². The van der Waals surface area contributed by atoms with Crippen LogP contribution in [0.5, 0.6) is 11.6 Å². The van der Waals surface area contributed by atoms with Gasteiger partial charge in [-0.25, -0.2) is 0 Å². The Bertz CT molecular complexity index is 1190.